The summed E-state index contributed by atoms with van der Waals surface area (Å²) in [4.78, 5) is 26.2. The van der Waals surface area contributed by atoms with E-state index in [2.05, 4.69) is 12.2 Å². The molecule has 0 saturated heterocycles. The number of benzene rings is 2. The van der Waals surface area contributed by atoms with Crippen LogP contribution in [-0.4, -0.2) is 25.5 Å². The Morgan fingerprint density at radius 3 is 2.66 bits per heavy atom. The normalized spacial score (nSPS) is 15.2. The van der Waals surface area contributed by atoms with Crippen molar-refractivity contribution in [2.45, 2.75) is 45.7 Å². The van der Waals surface area contributed by atoms with Crippen molar-refractivity contribution in [2.75, 3.05) is 18.6 Å². The van der Waals surface area contributed by atoms with Gasteiger partial charge in [-0.05, 0) is 30.2 Å². The SMILES string of the molecule is CCCCCOc1ccc(CN2C(=O)[C@@H](NC(C)=O)c3ccccc32)cc1OC. The number of rotatable bonds is 9. The number of fused-ring (bicyclic) bond motifs is 1. The molecule has 0 spiro atoms. The van der Waals surface area contributed by atoms with E-state index in [1.165, 1.54) is 6.92 Å². The number of carbonyl (C=O) groups is 2. The van der Waals surface area contributed by atoms with E-state index < -0.39 is 6.04 Å². The van der Waals surface area contributed by atoms with Crippen LogP contribution in [0.15, 0.2) is 42.5 Å². The maximum atomic E-state index is 13.0. The fourth-order valence-corrected chi connectivity index (χ4v) is 3.54. The Kier molecular flexibility index (Phi) is 6.75. The van der Waals surface area contributed by atoms with Gasteiger partial charge in [-0.3, -0.25) is 9.59 Å². The maximum Gasteiger partial charge on any atom is 0.254 e. The fraction of sp³-hybridized carbons (Fsp3) is 0.391. The van der Waals surface area contributed by atoms with Gasteiger partial charge in [0.1, 0.15) is 6.04 Å². The Labute approximate surface area is 171 Å². The molecular formula is C23H28N2O4. The van der Waals surface area contributed by atoms with Crippen LogP contribution in [0.1, 0.15) is 50.3 Å². The Morgan fingerprint density at radius 2 is 1.93 bits per heavy atom. The molecule has 3 rings (SSSR count). The monoisotopic (exact) mass is 396 g/mol. The molecule has 1 aliphatic rings. The van der Waals surface area contributed by atoms with Crippen molar-refractivity contribution in [2.24, 2.45) is 0 Å². The van der Waals surface area contributed by atoms with Crippen LogP contribution in [0.3, 0.4) is 0 Å². The lowest BCUT2D eigenvalue weighted by molar-refractivity contribution is -0.126. The molecule has 0 unspecified atom stereocenters. The van der Waals surface area contributed by atoms with E-state index in [9.17, 15) is 9.59 Å². The molecule has 1 heterocycles. The Bertz CT molecular complexity index is 881. The highest BCUT2D eigenvalue weighted by atomic mass is 16.5. The van der Waals surface area contributed by atoms with Crippen LogP contribution in [0.4, 0.5) is 5.69 Å². The third-order valence-electron chi connectivity index (χ3n) is 4.97. The zero-order valence-electron chi connectivity index (χ0n) is 17.2. The molecular weight excluding hydrogens is 368 g/mol. The van der Waals surface area contributed by atoms with Crippen molar-refractivity contribution in [3.8, 4) is 11.5 Å². The number of carbonyl (C=O) groups excluding carboxylic acids is 2. The van der Waals surface area contributed by atoms with Crippen LogP contribution >= 0.6 is 0 Å². The molecule has 1 N–H and O–H groups in total. The minimum atomic E-state index is -0.647. The Hall–Kier alpha value is -3.02. The zero-order valence-corrected chi connectivity index (χ0v) is 17.2. The quantitative estimate of drug-likeness (QED) is 0.651. The molecule has 6 nitrogen and oxygen atoms in total. The number of ether oxygens (including phenoxy) is 2. The Balaban J connectivity index is 1.78. The standard InChI is InChI=1S/C23H28N2O4/c1-4-5-8-13-29-20-12-11-17(14-21(20)28-3)15-25-19-10-7-6-9-18(19)22(23(25)27)24-16(2)26/h6-7,9-12,14,22H,4-5,8,13,15H2,1-3H3,(H,24,26)/t22-/m0/s1. The van der Waals surface area contributed by atoms with Crippen molar-refractivity contribution in [3.05, 3.63) is 53.6 Å². The summed E-state index contributed by atoms with van der Waals surface area (Å²) in [6.07, 6.45) is 3.28. The number of anilines is 1. The number of unbranched alkanes of at least 4 members (excludes halogenated alkanes) is 2. The van der Waals surface area contributed by atoms with E-state index in [0.717, 1.165) is 36.1 Å². The smallest absolute Gasteiger partial charge is 0.254 e. The first-order valence-electron chi connectivity index (χ1n) is 10.0. The zero-order chi connectivity index (χ0) is 20.8. The van der Waals surface area contributed by atoms with Gasteiger partial charge in [0, 0.05) is 18.2 Å². The van der Waals surface area contributed by atoms with E-state index >= 15 is 0 Å². The van der Waals surface area contributed by atoms with Crippen molar-refractivity contribution in [3.63, 3.8) is 0 Å². The Morgan fingerprint density at radius 1 is 1.14 bits per heavy atom. The van der Waals surface area contributed by atoms with Gasteiger partial charge in [0.2, 0.25) is 5.91 Å². The van der Waals surface area contributed by atoms with Gasteiger partial charge in [0.05, 0.1) is 20.3 Å². The predicted octanol–water partition coefficient (Wildman–Crippen LogP) is 3.99. The van der Waals surface area contributed by atoms with Gasteiger partial charge in [-0.25, -0.2) is 0 Å². The highest BCUT2D eigenvalue weighted by Gasteiger charge is 2.37. The maximum absolute atomic E-state index is 13.0. The first-order valence-corrected chi connectivity index (χ1v) is 10.0. The van der Waals surface area contributed by atoms with Gasteiger partial charge >= 0.3 is 0 Å². The fourth-order valence-electron chi connectivity index (χ4n) is 3.54. The number of nitrogens with one attached hydrogen (secondary N) is 1. The van der Waals surface area contributed by atoms with E-state index in [0.29, 0.717) is 24.7 Å². The molecule has 2 amide bonds. The van der Waals surface area contributed by atoms with Crippen LogP contribution in [0.2, 0.25) is 0 Å². The summed E-state index contributed by atoms with van der Waals surface area (Å²) in [5, 5.41) is 2.75. The number of para-hydroxylation sites is 1. The van der Waals surface area contributed by atoms with Crippen molar-refractivity contribution in [1.82, 2.24) is 5.32 Å². The summed E-state index contributed by atoms with van der Waals surface area (Å²) in [7, 11) is 1.61. The van der Waals surface area contributed by atoms with Crippen molar-refractivity contribution >= 4 is 17.5 Å². The summed E-state index contributed by atoms with van der Waals surface area (Å²) >= 11 is 0. The van der Waals surface area contributed by atoms with Gasteiger partial charge in [-0.2, -0.15) is 0 Å². The van der Waals surface area contributed by atoms with E-state index in [1.54, 1.807) is 12.0 Å². The van der Waals surface area contributed by atoms with Gasteiger partial charge in [-0.15, -0.1) is 0 Å². The van der Waals surface area contributed by atoms with Gasteiger partial charge in [-0.1, -0.05) is 44.0 Å². The number of nitrogens with zero attached hydrogens (tertiary/aromatic N) is 1. The summed E-state index contributed by atoms with van der Waals surface area (Å²) in [6.45, 7) is 4.62. The molecule has 0 aromatic heterocycles. The molecule has 0 aliphatic carbocycles. The first kappa shape index (κ1) is 20.7. The van der Waals surface area contributed by atoms with Gasteiger partial charge in [0.25, 0.3) is 5.91 Å². The molecule has 0 fully saturated rings. The highest BCUT2D eigenvalue weighted by Crippen LogP contribution is 2.37. The second-order valence-electron chi connectivity index (χ2n) is 7.16. The molecule has 2 aromatic carbocycles. The third kappa shape index (κ3) is 4.70. The van der Waals surface area contributed by atoms with Crippen LogP contribution in [-0.2, 0) is 16.1 Å². The average Bonchev–Trinajstić information content (AvgIpc) is 2.97. The summed E-state index contributed by atoms with van der Waals surface area (Å²) < 4.78 is 11.3. The molecule has 2 aromatic rings. The van der Waals surface area contributed by atoms with Crippen LogP contribution in [0.5, 0.6) is 11.5 Å². The van der Waals surface area contributed by atoms with Gasteiger partial charge in [0.15, 0.2) is 11.5 Å². The minimum absolute atomic E-state index is 0.139. The summed E-state index contributed by atoms with van der Waals surface area (Å²) in [5.74, 6) is 0.987. The van der Waals surface area contributed by atoms with Crippen LogP contribution in [0, 0.1) is 0 Å². The van der Waals surface area contributed by atoms with Crippen LogP contribution < -0.4 is 19.7 Å². The predicted molar refractivity (Wildman–Crippen MR) is 112 cm³/mol. The molecule has 1 atom stereocenters. The lowest BCUT2D eigenvalue weighted by atomic mass is 10.1. The van der Waals surface area contributed by atoms with Crippen molar-refractivity contribution in [1.29, 1.82) is 0 Å². The lowest BCUT2D eigenvalue weighted by Crippen LogP contribution is -2.36. The molecule has 6 heteroatoms. The molecule has 29 heavy (non-hydrogen) atoms. The molecule has 0 saturated carbocycles. The number of methoxy groups -OCH3 is 1. The summed E-state index contributed by atoms with van der Waals surface area (Å²) in [6, 6.07) is 12.6. The van der Waals surface area contributed by atoms with E-state index in [-0.39, 0.29) is 11.8 Å². The molecule has 0 radical (unpaired) electrons. The number of amides is 2. The minimum Gasteiger partial charge on any atom is -0.493 e. The second-order valence-corrected chi connectivity index (χ2v) is 7.16. The molecule has 1 aliphatic heterocycles. The average molecular weight is 396 g/mol. The van der Waals surface area contributed by atoms with Crippen LogP contribution in [0.25, 0.3) is 0 Å². The van der Waals surface area contributed by atoms with E-state index in [1.807, 2.05) is 42.5 Å². The largest absolute Gasteiger partial charge is 0.493 e. The van der Waals surface area contributed by atoms with Gasteiger partial charge < -0.3 is 19.7 Å². The summed E-state index contributed by atoms with van der Waals surface area (Å²) in [5.41, 5.74) is 2.56. The first-order chi connectivity index (χ1) is 14.0. The number of hydrogen-bond acceptors (Lipinski definition) is 4. The van der Waals surface area contributed by atoms with E-state index in [4.69, 9.17) is 9.47 Å². The second kappa shape index (κ2) is 9.45. The highest BCUT2D eigenvalue weighted by molar-refractivity contribution is 6.06. The third-order valence-corrected chi connectivity index (χ3v) is 4.97. The number of hydrogen-bond donors (Lipinski definition) is 1. The topological polar surface area (TPSA) is 67.9 Å². The lowest BCUT2D eigenvalue weighted by Gasteiger charge is -2.19. The van der Waals surface area contributed by atoms with Crippen molar-refractivity contribution < 1.29 is 19.1 Å². The molecule has 0 bridgehead atoms. The molecule has 154 valence electrons.